The van der Waals surface area contributed by atoms with Crippen LogP contribution in [0.5, 0.6) is 0 Å². The summed E-state index contributed by atoms with van der Waals surface area (Å²) in [5.41, 5.74) is -0.263. The quantitative estimate of drug-likeness (QED) is 0.838. The third kappa shape index (κ3) is 2.63. The molecule has 19 heavy (non-hydrogen) atoms. The number of hydrogen-bond acceptors (Lipinski definition) is 3. The number of amides is 2. The Balaban J connectivity index is 2.25. The van der Waals surface area contributed by atoms with E-state index in [2.05, 4.69) is 5.32 Å². The first-order chi connectivity index (χ1) is 9.04. The molecule has 2 amide bonds. The first-order valence-corrected chi connectivity index (χ1v) is 6.05. The van der Waals surface area contributed by atoms with Crippen molar-refractivity contribution in [2.45, 2.75) is 25.9 Å². The Labute approximate surface area is 109 Å². The van der Waals surface area contributed by atoms with Crippen LogP contribution in [0, 0.1) is 11.6 Å². The number of rotatable bonds is 3. The molecule has 102 valence electrons. The lowest BCUT2D eigenvalue weighted by Crippen LogP contribution is -2.57. The minimum absolute atomic E-state index is 0.000316. The van der Waals surface area contributed by atoms with Crippen LogP contribution in [0.25, 0.3) is 0 Å². The Kier molecular flexibility index (Phi) is 3.90. The smallest absolute Gasteiger partial charge is 0.246 e. The topological polar surface area (TPSA) is 49.4 Å². The van der Waals surface area contributed by atoms with E-state index >= 15 is 0 Å². The highest BCUT2D eigenvalue weighted by atomic mass is 19.1. The van der Waals surface area contributed by atoms with Gasteiger partial charge in [-0.1, -0.05) is 13.0 Å². The number of imide groups is 1. The number of carbonyl (C=O) groups is 2. The summed E-state index contributed by atoms with van der Waals surface area (Å²) in [6, 6.07) is 2.97. The average Bonchev–Trinajstić information content (AvgIpc) is 2.37. The first kappa shape index (κ1) is 13.6. The molecule has 0 saturated carbocycles. The molecule has 1 unspecified atom stereocenters. The minimum Gasteiger partial charge on any atom is -0.297 e. The van der Waals surface area contributed by atoms with E-state index in [1.165, 1.54) is 6.07 Å². The predicted octanol–water partition coefficient (Wildman–Crippen LogP) is 1.20. The molecular weight excluding hydrogens is 254 g/mol. The van der Waals surface area contributed by atoms with Crippen LogP contribution in [0.4, 0.5) is 8.78 Å². The molecule has 1 heterocycles. The standard InChI is InChI=1S/C13H14F2N2O2/c1-2-11-13(19)17(12(18)6-16-11)7-8-9(14)4-3-5-10(8)15/h3-5,11,16H,2,6-7H2,1H3. The molecule has 1 aromatic rings. The minimum atomic E-state index is -0.757. The van der Waals surface area contributed by atoms with Crippen LogP contribution in [-0.2, 0) is 16.1 Å². The van der Waals surface area contributed by atoms with Gasteiger partial charge in [-0.3, -0.25) is 19.8 Å². The van der Waals surface area contributed by atoms with Gasteiger partial charge >= 0.3 is 0 Å². The van der Waals surface area contributed by atoms with E-state index in [-0.39, 0.29) is 18.7 Å². The molecule has 1 aromatic carbocycles. The van der Waals surface area contributed by atoms with Gasteiger partial charge in [0, 0.05) is 5.56 Å². The first-order valence-electron chi connectivity index (χ1n) is 6.05. The fourth-order valence-electron chi connectivity index (χ4n) is 2.03. The molecule has 0 bridgehead atoms. The number of piperazine rings is 1. The van der Waals surface area contributed by atoms with Crippen molar-refractivity contribution in [2.75, 3.05) is 6.54 Å². The molecule has 1 aliphatic rings. The second-order valence-corrected chi connectivity index (χ2v) is 4.36. The molecule has 2 rings (SSSR count). The number of nitrogens with one attached hydrogen (secondary N) is 1. The van der Waals surface area contributed by atoms with Gasteiger partial charge in [0.1, 0.15) is 11.6 Å². The highest BCUT2D eigenvalue weighted by molar-refractivity contribution is 6.01. The number of hydrogen-bond donors (Lipinski definition) is 1. The molecule has 1 atom stereocenters. The van der Waals surface area contributed by atoms with Crippen molar-refractivity contribution in [3.05, 3.63) is 35.4 Å². The SMILES string of the molecule is CCC1NCC(=O)N(Cc2c(F)cccc2F)C1=O. The summed E-state index contributed by atoms with van der Waals surface area (Å²) in [5, 5.41) is 2.79. The van der Waals surface area contributed by atoms with Crippen molar-refractivity contribution in [1.82, 2.24) is 10.2 Å². The van der Waals surface area contributed by atoms with Crippen molar-refractivity contribution in [1.29, 1.82) is 0 Å². The van der Waals surface area contributed by atoms with Gasteiger partial charge in [-0.15, -0.1) is 0 Å². The Morgan fingerprint density at radius 1 is 1.32 bits per heavy atom. The van der Waals surface area contributed by atoms with Crippen LogP contribution in [0.15, 0.2) is 18.2 Å². The van der Waals surface area contributed by atoms with E-state index in [1.54, 1.807) is 6.92 Å². The Bertz CT molecular complexity index is 499. The molecular formula is C13H14F2N2O2. The molecule has 1 aliphatic heterocycles. The van der Waals surface area contributed by atoms with Gasteiger partial charge in [0.2, 0.25) is 11.8 Å². The summed E-state index contributed by atoms with van der Waals surface area (Å²) in [5.74, 6) is -2.43. The average molecular weight is 268 g/mol. The van der Waals surface area contributed by atoms with E-state index in [0.717, 1.165) is 17.0 Å². The number of nitrogens with zero attached hydrogens (tertiary/aromatic N) is 1. The molecule has 4 nitrogen and oxygen atoms in total. The number of halogens is 2. The summed E-state index contributed by atoms with van der Waals surface area (Å²) < 4.78 is 27.1. The summed E-state index contributed by atoms with van der Waals surface area (Å²) in [4.78, 5) is 24.6. The van der Waals surface area contributed by atoms with E-state index in [9.17, 15) is 18.4 Å². The Morgan fingerprint density at radius 2 is 1.95 bits per heavy atom. The molecule has 0 aromatic heterocycles. The van der Waals surface area contributed by atoms with Gasteiger partial charge in [0.15, 0.2) is 0 Å². The molecule has 1 fully saturated rings. The van der Waals surface area contributed by atoms with Gasteiger partial charge < -0.3 is 0 Å². The zero-order chi connectivity index (χ0) is 14.0. The third-order valence-corrected chi connectivity index (χ3v) is 3.15. The van der Waals surface area contributed by atoms with E-state index in [1.807, 2.05) is 0 Å². The van der Waals surface area contributed by atoms with Gasteiger partial charge in [0.05, 0.1) is 19.1 Å². The lowest BCUT2D eigenvalue weighted by atomic mass is 10.1. The van der Waals surface area contributed by atoms with Crippen molar-refractivity contribution in [3.8, 4) is 0 Å². The lowest BCUT2D eigenvalue weighted by Gasteiger charge is -2.31. The molecule has 1 N–H and O–H groups in total. The molecule has 0 spiro atoms. The van der Waals surface area contributed by atoms with Gasteiger partial charge in [-0.2, -0.15) is 0 Å². The van der Waals surface area contributed by atoms with Crippen LogP contribution in [0.3, 0.4) is 0 Å². The van der Waals surface area contributed by atoms with Crippen molar-refractivity contribution in [3.63, 3.8) is 0 Å². The molecule has 1 saturated heterocycles. The van der Waals surface area contributed by atoms with Crippen LogP contribution in [-0.4, -0.2) is 29.3 Å². The number of benzene rings is 1. The van der Waals surface area contributed by atoms with Crippen LogP contribution in [0.1, 0.15) is 18.9 Å². The van der Waals surface area contributed by atoms with Gasteiger partial charge in [-0.05, 0) is 18.6 Å². The van der Waals surface area contributed by atoms with E-state index < -0.39 is 29.5 Å². The summed E-state index contributed by atoms with van der Waals surface area (Å²) >= 11 is 0. The van der Waals surface area contributed by atoms with Gasteiger partial charge in [0.25, 0.3) is 0 Å². The molecule has 6 heteroatoms. The normalized spacial score (nSPS) is 19.9. The van der Waals surface area contributed by atoms with Crippen molar-refractivity contribution < 1.29 is 18.4 Å². The summed E-state index contributed by atoms with van der Waals surface area (Å²) in [7, 11) is 0. The summed E-state index contributed by atoms with van der Waals surface area (Å²) in [6.45, 7) is 1.43. The van der Waals surface area contributed by atoms with E-state index in [4.69, 9.17) is 0 Å². The zero-order valence-corrected chi connectivity index (χ0v) is 10.5. The van der Waals surface area contributed by atoms with Crippen LogP contribution < -0.4 is 5.32 Å². The largest absolute Gasteiger partial charge is 0.297 e. The maximum absolute atomic E-state index is 13.5. The summed E-state index contributed by atoms with van der Waals surface area (Å²) in [6.07, 6.45) is 0.516. The lowest BCUT2D eigenvalue weighted by molar-refractivity contribution is -0.150. The number of carbonyl (C=O) groups excluding carboxylic acids is 2. The van der Waals surface area contributed by atoms with Crippen LogP contribution in [0.2, 0.25) is 0 Å². The maximum atomic E-state index is 13.5. The second-order valence-electron chi connectivity index (χ2n) is 4.36. The highest BCUT2D eigenvalue weighted by Gasteiger charge is 2.33. The third-order valence-electron chi connectivity index (χ3n) is 3.15. The zero-order valence-electron chi connectivity index (χ0n) is 10.5. The van der Waals surface area contributed by atoms with Crippen molar-refractivity contribution >= 4 is 11.8 Å². The Morgan fingerprint density at radius 3 is 2.53 bits per heavy atom. The van der Waals surface area contributed by atoms with Crippen LogP contribution >= 0.6 is 0 Å². The molecule has 0 aliphatic carbocycles. The fraction of sp³-hybridized carbons (Fsp3) is 0.385. The van der Waals surface area contributed by atoms with E-state index in [0.29, 0.717) is 6.42 Å². The highest BCUT2D eigenvalue weighted by Crippen LogP contribution is 2.17. The maximum Gasteiger partial charge on any atom is 0.246 e. The molecule has 0 radical (unpaired) electrons. The van der Waals surface area contributed by atoms with Gasteiger partial charge in [-0.25, -0.2) is 8.78 Å². The second kappa shape index (κ2) is 5.44. The predicted molar refractivity (Wildman–Crippen MR) is 64.0 cm³/mol. The van der Waals surface area contributed by atoms with Crippen molar-refractivity contribution in [2.24, 2.45) is 0 Å². The monoisotopic (exact) mass is 268 g/mol. The fourth-order valence-corrected chi connectivity index (χ4v) is 2.03. The Hall–Kier alpha value is -1.82.